The number of amides is 1. The van der Waals surface area contributed by atoms with Gasteiger partial charge in [0.05, 0.1) is 0 Å². The van der Waals surface area contributed by atoms with Gasteiger partial charge in [-0.1, -0.05) is 54.9 Å². The van der Waals surface area contributed by atoms with E-state index in [1.165, 1.54) is 25.7 Å². The van der Waals surface area contributed by atoms with Gasteiger partial charge in [0.1, 0.15) is 0 Å². The molecule has 1 N–H and O–H groups in total. The van der Waals surface area contributed by atoms with Gasteiger partial charge in [0.15, 0.2) is 0 Å². The van der Waals surface area contributed by atoms with Crippen LogP contribution in [-0.4, -0.2) is 17.3 Å². The van der Waals surface area contributed by atoms with Crippen molar-refractivity contribution in [2.75, 3.05) is 6.54 Å². The van der Waals surface area contributed by atoms with Crippen molar-refractivity contribution < 1.29 is 4.79 Å². The highest BCUT2D eigenvalue weighted by molar-refractivity contribution is 9.09. The van der Waals surface area contributed by atoms with E-state index >= 15 is 0 Å². The van der Waals surface area contributed by atoms with E-state index in [0.717, 1.165) is 17.7 Å². The van der Waals surface area contributed by atoms with Crippen molar-refractivity contribution in [3.8, 4) is 0 Å². The molecule has 0 spiro atoms. The van der Waals surface area contributed by atoms with Crippen LogP contribution in [-0.2, 0) is 5.41 Å². The van der Waals surface area contributed by atoms with Gasteiger partial charge in [0.2, 0.25) is 0 Å². The Morgan fingerprint density at radius 1 is 1.19 bits per heavy atom. The first-order valence-electron chi connectivity index (χ1n) is 7.89. The number of carbonyl (C=O) groups is 1. The zero-order valence-electron chi connectivity index (χ0n) is 13.3. The summed E-state index contributed by atoms with van der Waals surface area (Å²) < 4.78 is 0. The van der Waals surface area contributed by atoms with Crippen LogP contribution in [0.2, 0.25) is 0 Å². The molecule has 2 rings (SSSR count). The Morgan fingerprint density at radius 2 is 1.81 bits per heavy atom. The van der Waals surface area contributed by atoms with E-state index in [1.807, 2.05) is 18.2 Å². The third-order valence-corrected chi connectivity index (χ3v) is 5.22. The summed E-state index contributed by atoms with van der Waals surface area (Å²) in [5, 5.41) is 3.14. The molecule has 0 unspecified atom stereocenters. The van der Waals surface area contributed by atoms with Gasteiger partial charge in [-0.3, -0.25) is 4.79 Å². The Morgan fingerprint density at radius 3 is 2.43 bits per heavy atom. The molecule has 0 saturated heterocycles. The summed E-state index contributed by atoms with van der Waals surface area (Å²) in [4.78, 5) is 13.2. The van der Waals surface area contributed by atoms with E-state index in [-0.39, 0.29) is 11.3 Å². The Balaban J connectivity index is 1.98. The molecule has 1 aromatic rings. The topological polar surface area (TPSA) is 29.1 Å². The summed E-state index contributed by atoms with van der Waals surface area (Å²) in [6.45, 7) is 7.25. The van der Waals surface area contributed by atoms with Crippen LogP contribution in [0.3, 0.4) is 0 Å². The second kappa shape index (κ2) is 6.95. The SMILES string of the molecule is CC(C)(C)c1ccccc1C(=O)NCC1CCC(Br)CC1. The number of nitrogens with one attached hydrogen (secondary N) is 1. The molecule has 1 aliphatic carbocycles. The third-order valence-electron chi connectivity index (χ3n) is 4.31. The Labute approximate surface area is 136 Å². The third kappa shape index (κ3) is 4.57. The molecule has 0 bridgehead atoms. The zero-order chi connectivity index (χ0) is 15.5. The van der Waals surface area contributed by atoms with Crippen LogP contribution in [0.4, 0.5) is 0 Å². The van der Waals surface area contributed by atoms with Gasteiger partial charge in [-0.15, -0.1) is 0 Å². The van der Waals surface area contributed by atoms with E-state index < -0.39 is 0 Å². The van der Waals surface area contributed by atoms with Gasteiger partial charge in [-0.05, 0) is 48.6 Å². The summed E-state index contributed by atoms with van der Waals surface area (Å²) in [6, 6.07) is 7.95. The summed E-state index contributed by atoms with van der Waals surface area (Å²) in [6.07, 6.45) is 4.85. The predicted molar refractivity (Wildman–Crippen MR) is 92.1 cm³/mol. The lowest BCUT2D eigenvalue weighted by molar-refractivity contribution is 0.0941. The van der Waals surface area contributed by atoms with Crippen LogP contribution in [0.1, 0.15) is 62.4 Å². The average molecular weight is 352 g/mol. The maximum atomic E-state index is 12.5. The van der Waals surface area contributed by atoms with E-state index in [1.54, 1.807) is 0 Å². The molecule has 0 atom stereocenters. The summed E-state index contributed by atoms with van der Waals surface area (Å²) in [5.41, 5.74) is 1.92. The maximum Gasteiger partial charge on any atom is 0.251 e. The lowest BCUT2D eigenvalue weighted by Gasteiger charge is -2.26. The van der Waals surface area contributed by atoms with E-state index in [4.69, 9.17) is 0 Å². The summed E-state index contributed by atoms with van der Waals surface area (Å²) in [5.74, 6) is 0.700. The first-order valence-corrected chi connectivity index (χ1v) is 8.81. The predicted octanol–water partition coefficient (Wildman–Crippen LogP) is 4.67. The zero-order valence-corrected chi connectivity index (χ0v) is 14.9. The van der Waals surface area contributed by atoms with Gasteiger partial charge >= 0.3 is 0 Å². The molecule has 0 radical (unpaired) electrons. The van der Waals surface area contributed by atoms with Gasteiger partial charge < -0.3 is 5.32 Å². The van der Waals surface area contributed by atoms with Crippen LogP contribution in [0, 0.1) is 5.92 Å². The van der Waals surface area contributed by atoms with Gasteiger partial charge in [0.25, 0.3) is 5.91 Å². The van der Waals surface area contributed by atoms with Crippen molar-refractivity contribution in [1.29, 1.82) is 0 Å². The highest BCUT2D eigenvalue weighted by Crippen LogP contribution is 2.29. The van der Waals surface area contributed by atoms with Gasteiger partial charge in [-0.25, -0.2) is 0 Å². The average Bonchev–Trinajstić information content (AvgIpc) is 2.45. The fraction of sp³-hybridized carbons (Fsp3) is 0.611. The molecule has 1 amide bonds. The smallest absolute Gasteiger partial charge is 0.251 e. The lowest BCUT2D eigenvalue weighted by Crippen LogP contribution is -2.33. The van der Waals surface area contributed by atoms with Crippen molar-refractivity contribution >= 4 is 21.8 Å². The number of carbonyl (C=O) groups excluding carboxylic acids is 1. The summed E-state index contributed by atoms with van der Waals surface area (Å²) in [7, 11) is 0. The first-order chi connectivity index (χ1) is 9.88. The largest absolute Gasteiger partial charge is 0.352 e. The first kappa shape index (κ1) is 16.5. The van der Waals surface area contributed by atoms with E-state index in [2.05, 4.69) is 48.1 Å². The Bertz CT molecular complexity index is 484. The lowest BCUT2D eigenvalue weighted by atomic mass is 9.83. The van der Waals surface area contributed by atoms with E-state index in [9.17, 15) is 4.79 Å². The van der Waals surface area contributed by atoms with Crippen molar-refractivity contribution in [2.45, 2.75) is 56.7 Å². The molecular weight excluding hydrogens is 326 g/mol. The normalized spacial score (nSPS) is 22.9. The minimum absolute atomic E-state index is 0.0119. The van der Waals surface area contributed by atoms with Gasteiger partial charge in [0, 0.05) is 16.9 Å². The molecule has 1 fully saturated rings. The van der Waals surface area contributed by atoms with Gasteiger partial charge in [-0.2, -0.15) is 0 Å². The minimum atomic E-state index is -0.0119. The molecule has 21 heavy (non-hydrogen) atoms. The second-order valence-electron chi connectivity index (χ2n) is 7.12. The highest BCUT2D eigenvalue weighted by Gasteiger charge is 2.23. The van der Waals surface area contributed by atoms with Crippen molar-refractivity contribution in [3.05, 3.63) is 35.4 Å². The fourth-order valence-corrected chi connectivity index (χ4v) is 3.52. The number of alkyl halides is 1. The molecular formula is C18H26BrNO. The molecule has 0 aliphatic heterocycles. The highest BCUT2D eigenvalue weighted by atomic mass is 79.9. The quantitative estimate of drug-likeness (QED) is 0.787. The minimum Gasteiger partial charge on any atom is -0.352 e. The summed E-state index contributed by atoms with van der Waals surface area (Å²) >= 11 is 3.68. The van der Waals surface area contributed by atoms with Crippen LogP contribution < -0.4 is 5.32 Å². The fourth-order valence-electron chi connectivity index (χ4n) is 2.99. The molecule has 3 heteroatoms. The van der Waals surface area contributed by atoms with Crippen LogP contribution in [0.5, 0.6) is 0 Å². The number of hydrogen-bond acceptors (Lipinski definition) is 1. The van der Waals surface area contributed by atoms with Crippen LogP contribution >= 0.6 is 15.9 Å². The number of hydrogen-bond donors (Lipinski definition) is 1. The monoisotopic (exact) mass is 351 g/mol. The van der Waals surface area contributed by atoms with Crippen LogP contribution in [0.15, 0.2) is 24.3 Å². The molecule has 1 aliphatic rings. The molecule has 2 nitrogen and oxygen atoms in total. The van der Waals surface area contributed by atoms with E-state index in [0.29, 0.717) is 10.7 Å². The van der Waals surface area contributed by atoms with Crippen molar-refractivity contribution in [1.82, 2.24) is 5.32 Å². The molecule has 0 heterocycles. The molecule has 1 saturated carbocycles. The number of benzene rings is 1. The van der Waals surface area contributed by atoms with Crippen molar-refractivity contribution in [2.24, 2.45) is 5.92 Å². The number of rotatable bonds is 3. The van der Waals surface area contributed by atoms with Crippen molar-refractivity contribution in [3.63, 3.8) is 0 Å². The maximum absolute atomic E-state index is 12.5. The molecule has 1 aromatic carbocycles. The molecule has 0 aromatic heterocycles. The second-order valence-corrected chi connectivity index (χ2v) is 8.42. The molecule has 116 valence electrons. The number of halogens is 1. The standard InChI is InChI=1S/C18H26BrNO/c1-18(2,3)16-7-5-4-6-15(16)17(21)20-12-13-8-10-14(19)11-9-13/h4-7,13-14H,8-12H2,1-3H3,(H,20,21). The Hall–Kier alpha value is -0.830. The Kier molecular flexibility index (Phi) is 5.48. The van der Waals surface area contributed by atoms with Crippen LogP contribution in [0.25, 0.3) is 0 Å².